The van der Waals surface area contributed by atoms with Crippen molar-refractivity contribution in [1.82, 2.24) is 5.32 Å². The average molecular weight is 330 g/mol. The van der Waals surface area contributed by atoms with Gasteiger partial charge in [-0.05, 0) is 25.5 Å². The highest BCUT2D eigenvalue weighted by Crippen LogP contribution is 2.17. The molecule has 0 spiro atoms. The van der Waals surface area contributed by atoms with Gasteiger partial charge in [-0.2, -0.15) is 0 Å². The summed E-state index contributed by atoms with van der Waals surface area (Å²) in [4.78, 5) is 23.1. The summed E-state index contributed by atoms with van der Waals surface area (Å²) in [6.45, 7) is 4.32. The molecule has 0 saturated carbocycles. The molecule has 0 aromatic heterocycles. The van der Waals surface area contributed by atoms with E-state index in [0.717, 1.165) is 6.42 Å². The minimum atomic E-state index is -0.519. The third-order valence-electron chi connectivity index (χ3n) is 2.78. The van der Waals surface area contributed by atoms with Crippen molar-refractivity contribution >= 4 is 29.9 Å². The molecule has 0 aliphatic rings. The van der Waals surface area contributed by atoms with Crippen molar-refractivity contribution in [2.45, 2.75) is 32.7 Å². The van der Waals surface area contributed by atoms with E-state index in [1.54, 1.807) is 24.3 Å². The van der Waals surface area contributed by atoms with Gasteiger partial charge in [-0.1, -0.05) is 19.4 Å². The van der Waals surface area contributed by atoms with E-state index in [4.69, 9.17) is 10.5 Å². The van der Waals surface area contributed by atoms with Crippen LogP contribution in [0.15, 0.2) is 24.3 Å². The molecule has 0 heterocycles. The Balaban J connectivity index is 0.00000441. The second-order valence-electron chi connectivity index (χ2n) is 4.65. The summed E-state index contributed by atoms with van der Waals surface area (Å²) in [5.41, 5.74) is 6.35. The smallest absolute Gasteiger partial charge is 0.257 e. The maximum absolute atomic E-state index is 11.8. The van der Waals surface area contributed by atoms with E-state index >= 15 is 0 Å². The predicted octanol–water partition coefficient (Wildman–Crippen LogP) is 1.69. The first-order chi connectivity index (χ1) is 10.1. The van der Waals surface area contributed by atoms with Crippen molar-refractivity contribution in [3.8, 4) is 5.75 Å². The number of ether oxygens (including phenoxy) is 1. The van der Waals surface area contributed by atoms with E-state index in [-0.39, 0.29) is 30.8 Å². The average Bonchev–Trinajstić information content (AvgIpc) is 2.46. The second kappa shape index (κ2) is 10.9. The minimum Gasteiger partial charge on any atom is -0.484 e. The van der Waals surface area contributed by atoms with E-state index < -0.39 is 6.04 Å². The summed E-state index contributed by atoms with van der Waals surface area (Å²) >= 11 is 0. The topological polar surface area (TPSA) is 93.5 Å². The van der Waals surface area contributed by atoms with Gasteiger partial charge in [0.15, 0.2) is 6.61 Å². The SMILES string of the molecule is CCCC(N)C(=O)Nc1cccc(OCC(=O)NCC)c1.Cl. The molecular formula is C15H24ClN3O3. The van der Waals surface area contributed by atoms with Crippen LogP contribution in [-0.2, 0) is 9.59 Å². The fourth-order valence-electron chi connectivity index (χ4n) is 1.74. The summed E-state index contributed by atoms with van der Waals surface area (Å²) in [7, 11) is 0. The number of hydrogen-bond acceptors (Lipinski definition) is 4. The lowest BCUT2D eigenvalue weighted by Gasteiger charge is -2.12. The number of halogens is 1. The van der Waals surface area contributed by atoms with Crippen LogP contribution in [0.3, 0.4) is 0 Å². The van der Waals surface area contributed by atoms with Crippen LogP contribution in [0.25, 0.3) is 0 Å². The van der Waals surface area contributed by atoms with E-state index in [9.17, 15) is 9.59 Å². The molecule has 1 atom stereocenters. The van der Waals surface area contributed by atoms with E-state index in [0.29, 0.717) is 24.4 Å². The standard InChI is InChI=1S/C15H23N3O3.ClH/c1-3-6-13(16)15(20)18-11-7-5-8-12(9-11)21-10-14(19)17-4-2;/h5,7-9,13H,3-4,6,10,16H2,1-2H3,(H,17,19)(H,18,20);1H. The lowest BCUT2D eigenvalue weighted by molar-refractivity contribution is -0.123. The van der Waals surface area contributed by atoms with Crippen LogP contribution < -0.4 is 21.1 Å². The van der Waals surface area contributed by atoms with Crippen molar-refractivity contribution in [3.63, 3.8) is 0 Å². The lowest BCUT2D eigenvalue weighted by Crippen LogP contribution is -2.35. The molecule has 0 bridgehead atoms. The Bertz CT molecular complexity index is 483. The fourth-order valence-corrected chi connectivity index (χ4v) is 1.74. The zero-order valence-electron chi connectivity index (χ0n) is 12.9. The van der Waals surface area contributed by atoms with Crippen molar-refractivity contribution in [1.29, 1.82) is 0 Å². The number of nitrogens with one attached hydrogen (secondary N) is 2. The number of nitrogens with two attached hydrogens (primary N) is 1. The highest BCUT2D eigenvalue weighted by Gasteiger charge is 2.12. The van der Waals surface area contributed by atoms with Crippen LogP contribution in [0.4, 0.5) is 5.69 Å². The summed E-state index contributed by atoms with van der Waals surface area (Å²) in [5, 5.41) is 5.38. The molecule has 2 amide bonds. The van der Waals surface area contributed by atoms with Gasteiger partial charge in [-0.15, -0.1) is 12.4 Å². The van der Waals surface area contributed by atoms with Gasteiger partial charge < -0.3 is 21.1 Å². The zero-order chi connectivity index (χ0) is 15.7. The van der Waals surface area contributed by atoms with E-state index in [1.807, 2.05) is 13.8 Å². The Hall–Kier alpha value is -1.79. The molecule has 124 valence electrons. The number of likely N-dealkylation sites (N-methyl/N-ethyl adjacent to an activating group) is 1. The van der Waals surface area contributed by atoms with Gasteiger partial charge >= 0.3 is 0 Å². The molecule has 1 aromatic rings. The Kier molecular flexibility index (Phi) is 9.98. The van der Waals surface area contributed by atoms with Gasteiger partial charge in [0.2, 0.25) is 5.91 Å². The number of carbonyl (C=O) groups excluding carboxylic acids is 2. The Morgan fingerprint density at radius 1 is 1.32 bits per heavy atom. The Morgan fingerprint density at radius 2 is 2.05 bits per heavy atom. The van der Waals surface area contributed by atoms with Crippen molar-refractivity contribution in [2.75, 3.05) is 18.5 Å². The van der Waals surface area contributed by atoms with Crippen molar-refractivity contribution < 1.29 is 14.3 Å². The molecule has 0 aliphatic carbocycles. The van der Waals surface area contributed by atoms with Gasteiger partial charge in [-0.25, -0.2) is 0 Å². The molecule has 1 aromatic carbocycles. The molecule has 0 radical (unpaired) electrons. The zero-order valence-corrected chi connectivity index (χ0v) is 13.7. The van der Waals surface area contributed by atoms with Crippen LogP contribution in [-0.4, -0.2) is 31.0 Å². The molecule has 1 unspecified atom stereocenters. The third-order valence-corrected chi connectivity index (χ3v) is 2.78. The normalized spacial score (nSPS) is 11.0. The molecule has 4 N–H and O–H groups in total. The summed E-state index contributed by atoms with van der Waals surface area (Å²) in [6, 6.07) is 6.36. The second-order valence-corrected chi connectivity index (χ2v) is 4.65. The van der Waals surface area contributed by atoms with Crippen LogP contribution in [0, 0.1) is 0 Å². The first-order valence-electron chi connectivity index (χ1n) is 7.12. The molecule has 6 nitrogen and oxygen atoms in total. The maximum Gasteiger partial charge on any atom is 0.257 e. The highest BCUT2D eigenvalue weighted by molar-refractivity contribution is 5.94. The highest BCUT2D eigenvalue weighted by atomic mass is 35.5. The summed E-state index contributed by atoms with van der Waals surface area (Å²) in [5.74, 6) is 0.109. The van der Waals surface area contributed by atoms with E-state index in [2.05, 4.69) is 10.6 Å². The van der Waals surface area contributed by atoms with Crippen LogP contribution in [0.5, 0.6) is 5.75 Å². The molecule has 0 fully saturated rings. The van der Waals surface area contributed by atoms with Gasteiger partial charge in [-0.3, -0.25) is 9.59 Å². The molecule has 1 rings (SSSR count). The van der Waals surface area contributed by atoms with Gasteiger partial charge in [0, 0.05) is 18.3 Å². The fraction of sp³-hybridized carbons (Fsp3) is 0.467. The van der Waals surface area contributed by atoms with Gasteiger partial charge in [0.25, 0.3) is 5.91 Å². The van der Waals surface area contributed by atoms with Crippen molar-refractivity contribution in [3.05, 3.63) is 24.3 Å². The monoisotopic (exact) mass is 329 g/mol. The molecular weight excluding hydrogens is 306 g/mol. The van der Waals surface area contributed by atoms with E-state index in [1.165, 1.54) is 0 Å². The molecule has 0 aliphatic heterocycles. The summed E-state index contributed by atoms with van der Waals surface area (Å²) < 4.78 is 5.36. The van der Waals surface area contributed by atoms with Gasteiger partial charge in [0.05, 0.1) is 6.04 Å². The third kappa shape index (κ3) is 7.28. The van der Waals surface area contributed by atoms with Gasteiger partial charge in [0.1, 0.15) is 5.75 Å². The quantitative estimate of drug-likeness (QED) is 0.676. The molecule has 7 heteroatoms. The number of amides is 2. The van der Waals surface area contributed by atoms with Crippen LogP contribution >= 0.6 is 12.4 Å². The largest absolute Gasteiger partial charge is 0.484 e. The number of anilines is 1. The number of rotatable bonds is 8. The maximum atomic E-state index is 11.8. The molecule has 22 heavy (non-hydrogen) atoms. The first kappa shape index (κ1) is 20.2. The number of benzene rings is 1. The summed E-state index contributed by atoms with van der Waals surface area (Å²) in [6.07, 6.45) is 1.49. The molecule has 0 saturated heterocycles. The Morgan fingerprint density at radius 3 is 2.68 bits per heavy atom. The number of hydrogen-bond donors (Lipinski definition) is 3. The number of carbonyl (C=O) groups is 2. The van der Waals surface area contributed by atoms with Crippen molar-refractivity contribution in [2.24, 2.45) is 5.73 Å². The first-order valence-corrected chi connectivity index (χ1v) is 7.12. The minimum absolute atomic E-state index is 0. The lowest BCUT2D eigenvalue weighted by atomic mass is 10.1. The predicted molar refractivity (Wildman–Crippen MR) is 89.4 cm³/mol. The Labute approximate surface area is 137 Å². The van der Waals surface area contributed by atoms with Crippen LogP contribution in [0.1, 0.15) is 26.7 Å². The van der Waals surface area contributed by atoms with Crippen LogP contribution in [0.2, 0.25) is 0 Å².